The van der Waals surface area contributed by atoms with Gasteiger partial charge in [0.05, 0.1) is 6.54 Å². The Bertz CT molecular complexity index is 447. The average molecular weight is 248 g/mol. The standard InChI is InChI=1S/C12H12N2O2S/c1-2-10-8-14(12(17)16-10)11(15)13-9-6-4-3-5-7-9/h2-7,10H,1,8H2,(H,13,15)/t10-/m1/s1. The smallest absolute Gasteiger partial charge is 0.329 e. The van der Waals surface area contributed by atoms with Gasteiger partial charge in [-0.25, -0.2) is 4.79 Å². The maximum absolute atomic E-state index is 11.9. The van der Waals surface area contributed by atoms with Crippen LogP contribution in [0.25, 0.3) is 0 Å². The number of hydrogen-bond acceptors (Lipinski definition) is 3. The molecule has 0 aliphatic carbocycles. The Balaban J connectivity index is 2.02. The summed E-state index contributed by atoms with van der Waals surface area (Å²) in [5.41, 5.74) is 0.724. The molecule has 0 radical (unpaired) electrons. The van der Waals surface area contributed by atoms with Crippen molar-refractivity contribution in [3.8, 4) is 0 Å². The van der Waals surface area contributed by atoms with Gasteiger partial charge < -0.3 is 10.1 Å². The van der Waals surface area contributed by atoms with E-state index in [0.717, 1.165) is 5.69 Å². The molecule has 1 aromatic rings. The van der Waals surface area contributed by atoms with Gasteiger partial charge in [0.15, 0.2) is 0 Å². The predicted molar refractivity (Wildman–Crippen MR) is 69.8 cm³/mol. The van der Waals surface area contributed by atoms with Crippen molar-refractivity contribution >= 4 is 29.1 Å². The minimum absolute atomic E-state index is 0.184. The third-order valence-electron chi connectivity index (χ3n) is 2.37. The number of rotatable bonds is 2. The summed E-state index contributed by atoms with van der Waals surface area (Å²) in [7, 11) is 0. The van der Waals surface area contributed by atoms with Gasteiger partial charge in [0.25, 0.3) is 5.17 Å². The highest BCUT2D eigenvalue weighted by Crippen LogP contribution is 2.14. The fourth-order valence-electron chi connectivity index (χ4n) is 1.49. The lowest BCUT2D eigenvalue weighted by Gasteiger charge is -2.13. The molecule has 0 unspecified atom stereocenters. The van der Waals surface area contributed by atoms with Gasteiger partial charge in [-0.15, -0.1) is 0 Å². The van der Waals surface area contributed by atoms with Gasteiger partial charge in [0.2, 0.25) is 0 Å². The molecule has 0 spiro atoms. The first-order chi connectivity index (χ1) is 8.20. The SMILES string of the molecule is C=C[C@@H]1CN(C(=O)Nc2ccccc2)C(=S)O1. The number of para-hydroxylation sites is 1. The third-order valence-corrected chi connectivity index (χ3v) is 2.68. The van der Waals surface area contributed by atoms with Crippen LogP contribution in [0.4, 0.5) is 10.5 Å². The van der Waals surface area contributed by atoms with Crippen LogP contribution in [0.15, 0.2) is 43.0 Å². The topological polar surface area (TPSA) is 41.6 Å². The van der Waals surface area contributed by atoms with Gasteiger partial charge in [-0.1, -0.05) is 24.8 Å². The van der Waals surface area contributed by atoms with Crippen molar-refractivity contribution in [2.24, 2.45) is 0 Å². The van der Waals surface area contributed by atoms with Crippen molar-refractivity contribution in [1.29, 1.82) is 0 Å². The van der Waals surface area contributed by atoms with E-state index in [1.54, 1.807) is 6.08 Å². The molecule has 1 aliphatic rings. The number of thiocarbonyl (C=S) groups is 1. The lowest BCUT2D eigenvalue weighted by atomic mass is 10.3. The van der Waals surface area contributed by atoms with Crippen molar-refractivity contribution in [3.05, 3.63) is 43.0 Å². The van der Waals surface area contributed by atoms with E-state index in [-0.39, 0.29) is 17.3 Å². The van der Waals surface area contributed by atoms with Crippen LogP contribution in [0.1, 0.15) is 0 Å². The fraction of sp³-hybridized carbons (Fsp3) is 0.167. The number of ether oxygens (including phenoxy) is 1. The Morgan fingerprint density at radius 3 is 2.82 bits per heavy atom. The zero-order chi connectivity index (χ0) is 12.3. The molecule has 1 aliphatic heterocycles. The van der Waals surface area contributed by atoms with Crippen LogP contribution < -0.4 is 5.32 Å². The largest absolute Gasteiger partial charge is 0.461 e. The van der Waals surface area contributed by atoms with Gasteiger partial charge in [-0.3, -0.25) is 4.90 Å². The molecule has 1 atom stereocenters. The molecular weight excluding hydrogens is 236 g/mol. The zero-order valence-corrected chi connectivity index (χ0v) is 9.94. The number of carbonyl (C=O) groups excluding carboxylic acids is 1. The highest BCUT2D eigenvalue weighted by molar-refractivity contribution is 7.80. The van der Waals surface area contributed by atoms with Crippen LogP contribution in [0.3, 0.4) is 0 Å². The Morgan fingerprint density at radius 2 is 2.24 bits per heavy atom. The molecule has 2 amide bonds. The van der Waals surface area contributed by atoms with E-state index < -0.39 is 0 Å². The Labute approximate surface area is 105 Å². The molecule has 5 heteroatoms. The van der Waals surface area contributed by atoms with Gasteiger partial charge in [0, 0.05) is 5.69 Å². The van der Waals surface area contributed by atoms with Gasteiger partial charge in [0.1, 0.15) is 6.10 Å². The summed E-state index contributed by atoms with van der Waals surface area (Å²) in [6, 6.07) is 8.91. The van der Waals surface area contributed by atoms with Crippen LogP contribution in [0.2, 0.25) is 0 Å². The molecule has 1 N–H and O–H groups in total. The number of nitrogens with one attached hydrogen (secondary N) is 1. The van der Waals surface area contributed by atoms with Crippen molar-refractivity contribution in [2.45, 2.75) is 6.10 Å². The number of nitrogens with zero attached hydrogens (tertiary/aromatic N) is 1. The van der Waals surface area contributed by atoms with Crippen molar-refractivity contribution in [1.82, 2.24) is 4.90 Å². The second kappa shape index (κ2) is 4.97. The van der Waals surface area contributed by atoms with Crippen LogP contribution in [0.5, 0.6) is 0 Å². The quantitative estimate of drug-likeness (QED) is 0.645. The summed E-state index contributed by atoms with van der Waals surface area (Å²) in [6.07, 6.45) is 1.41. The molecule has 0 aromatic heterocycles. The second-order valence-corrected chi connectivity index (χ2v) is 3.91. The highest BCUT2D eigenvalue weighted by Gasteiger charge is 2.30. The van der Waals surface area contributed by atoms with Gasteiger partial charge in [-0.2, -0.15) is 0 Å². The van der Waals surface area contributed by atoms with E-state index in [2.05, 4.69) is 11.9 Å². The summed E-state index contributed by atoms with van der Waals surface area (Å²) in [5, 5.41) is 2.93. The van der Waals surface area contributed by atoms with E-state index >= 15 is 0 Å². The van der Waals surface area contributed by atoms with Crippen LogP contribution in [0, 0.1) is 0 Å². The van der Waals surface area contributed by atoms with Crippen molar-refractivity contribution < 1.29 is 9.53 Å². The van der Waals surface area contributed by atoms with E-state index in [0.29, 0.717) is 6.54 Å². The van der Waals surface area contributed by atoms with Crippen LogP contribution in [-0.4, -0.2) is 28.8 Å². The second-order valence-electron chi connectivity index (χ2n) is 3.56. The molecule has 88 valence electrons. The summed E-state index contributed by atoms with van der Waals surface area (Å²) in [4.78, 5) is 13.3. The lowest BCUT2D eigenvalue weighted by Crippen LogP contribution is -2.35. The van der Waals surface area contributed by atoms with E-state index in [1.807, 2.05) is 30.3 Å². The minimum Gasteiger partial charge on any atom is -0.461 e. The zero-order valence-electron chi connectivity index (χ0n) is 9.13. The Kier molecular flexibility index (Phi) is 3.39. The normalized spacial score (nSPS) is 18.7. The Morgan fingerprint density at radius 1 is 1.53 bits per heavy atom. The van der Waals surface area contributed by atoms with Crippen molar-refractivity contribution in [3.63, 3.8) is 0 Å². The van der Waals surface area contributed by atoms with E-state index in [9.17, 15) is 4.79 Å². The molecule has 1 aromatic carbocycles. The minimum atomic E-state index is -0.287. The molecule has 4 nitrogen and oxygen atoms in total. The first-order valence-corrected chi connectivity index (χ1v) is 5.58. The Hall–Kier alpha value is -1.88. The first kappa shape index (κ1) is 11.6. The third kappa shape index (κ3) is 2.62. The fourth-order valence-corrected chi connectivity index (χ4v) is 1.77. The molecule has 0 saturated carbocycles. The first-order valence-electron chi connectivity index (χ1n) is 5.17. The molecule has 1 saturated heterocycles. The molecule has 1 fully saturated rings. The number of benzene rings is 1. The van der Waals surface area contributed by atoms with Crippen molar-refractivity contribution in [2.75, 3.05) is 11.9 Å². The maximum atomic E-state index is 11.9. The lowest BCUT2D eigenvalue weighted by molar-refractivity contribution is 0.236. The molecular formula is C12H12N2O2S. The number of hydrogen-bond donors (Lipinski definition) is 1. The maximum Gasteiger partial charge on any atom is 0.329 e. The molecule has 2 rings (SSSR count). The summed E-state index contributed by atoms with van der Waals surface area (Å²) in [5.74, 6) is 0. The van der Waals surface area contributed by atoms with Gasteiger partial charge >= 0.3 is 6.03 Å². The molecule has 1 heterocycles. The number of amides is 2. The number of urea groups is 1. The number of anilines is 1. The molecule has 0 bridgehead atoms. The number of carbonyl (C=O) groups is 1. The highest BCUT2D eigenvalue weighted by atomic mass is 32.1. The summed E-state index contributed by atoms with van der Waals surface area (Å²) in [6.45, 7) is 4.02. The summed E-state index contributed by atoms with van der Waals surface area (Å²) >= 11 is 4.97. The summed E-state index contributed by atoms with van der Waals surface area (Å²) < 4.78 is 5.26. The molecule has 17 heavy (non-hydrogen) atoms. The van der Waals surface area contributed by atoms with E-state index in [4.69, 9.17) is 17.0 Å². The predicted octanol–water partition coefficient (Wildman–Crippen LogP) is 2.39. The van der Waals surface area contributed by atoms with Gasteiger partial charge in [-0.05, 0) is 30.4 Å². The van der Waals surface area contributed by atoms with Crippen LogP contribution >= 0.6 is 12.2 Å². The monoisotopic (exact) mass is 248 g/mol. The van der Waals surface area contributed by atoms with E-state index in [1.165, 1.54) is 4.90 Å². The van der Waals surface area contributed by atoms with Crippen LogP contribution in [-0.2, 0) is 4.74 Å². The average Bonchev–Trinajstić information content (AvgIpc) is 2.72.